The molecule has 0 amide bonds. The van der Waals surface area contributed by atoms with Crippen molar-refractivity contribution < 1.29 is 5.11 Å². The van der Waals surface area contributed by atoms with Gasteiger partial charge in [0, 0.05) is 24.5 Å². The smallest absolute Gasteiger partial charge is 0.0613 e. The Bertz CT molecular complexity index is 307. The Morgan fingerprint density at radius 1 is 1.31 bits per heavy atom. The lowest BCUT2D eigenvalue weighted by Crippen LogP contribution is -2.49. The van der Waals surface area contributed by atoms with E-state index < -0.39 is 0 Å². The molecule has 0 radical (unpaired) electrons. The predicted molar refractivity (Wildman–Crippen MR) is 64.0 cm³/mol. The second kappa shape index (κ2) is 5.41. The van der Waals surface area contributed by atoms with Crippen molar-refractivity contribution in [1.82, 2.24) is 10.3 Å². The maximum absolute atomic E-state index is 9.54. The topological polar surface area (TPSA) is 45.1 Å². The number of aromatic nitrogens is 1. The van der Waals surface area contributed by atoms with E-state index in [9.17, 15) is 5.11 Å². The van der Waals surface area contributed by atoms with Crippen molar-refractivity contribution in [2.45, 2.75) is 44.2 Å². The molecular formula is C13H20N2O. The highest BCUT2D eigenvalue weighted by Gasteiger charge is 2.30. The fourth-order valence-electron chi connectivity index (χ4n) is 2.41. The Morgan fingerprint density at radius 2 is 2.12 bits per heavy atom. The minimum atomic E-state index is -0.0475. The zero-order chi connectivity index (χ0) is 11.3. The van der Waals surface area contributed by atoms with Gasteiger partial charge in [-0.25, -0.2) is 0 Å². The van der Waals surface area contributed by atoms with E-state index in [-0.39, 0.29) is 12.1 Å². The van der Waals surface area contributed by atoms with Crippen LogP contribution >= 0.6 is 0 Å². The molecule has 16 heavy (non-hydrogen) atoms. The second-order valence-electron chi connectivity index (χ2n) is 4.71. The average Bonchev–Trinajstić information content (AvgIpc) is 2.39. The minimum Gasteiger partial charge on any atom is -0.394 e. The fraction of sp³-hybridized carbons (Fsp3) is 0.615. The summed E-state index contributed by atoms with van der Waals surface area (Å²) in [6, 6.07) is 4.01. The van der Waals surface area contributed by atoms with Gasteiger partial charge in [-0.1, -0.05) is 25.3 Å². The van der Waals surface area contributed by atoms with Crippen molar-refractivity contribution in [2.75, 3.05) is 6.61 Å². The summed E-state index contributed by atoms with van der Waals surface area (Å²) in [7, 11) is 0. The summed E-state index contributed by atoms with van der Waals surface area (Å²) in [6.07, 6.45) is 9.58. The summed E-state index contributed by atoms with van der Waals surface area (Å²) in [5, 5.41) is 13.1. The first-order valence-corrected chi connectivity index (χ1v) is 6.09. The van der Waals surface area contributed by atoms with Gasteiger partial charge in [-0.2, -0.15) is 0 Å². The highest BCUT2D eigenvalue weighted by molar-refractivity contribution is 5.09. The first-order chi connectivity index (χ1) is 7.85. The van der Waals surface area contributed by atoms with E-state index in [1.165, 1.54) is 24.8 Å². The fourth-order valence-corrected chi connectivity index (χ4v) is 2.41. The van der Waals surface area contributed by atoms with E-state index in [2.05, 4.69) is 16.4 Å². The Hall–Kier alpha value is -0.930. The van der Waals surface area contributed by atoms with Crippen LogP contribution in [-0.4, -0.2) is 22.2 Å². The van der Waals surface area contributed by atoms with Crippen LogP contribution in [0.4, 0.5) is 0 Å². The number of nitrogens with one attached hydrogen (secondary N) is 1. The number of pyridine rings is 1. The van der Waals surface area contributed by atoms with Crippen LogP contribution < -0.4 is 5.32 Å². The maximum Gasteiger partial charge on any atom is 0.0613 e. The second-order valence-corrected chi connectivity index (χ2v) is 4.71. The Morgan fingerprint density at radius 3 is 2.75 bits per heavy atom. The molecule has 0 spiro atoms. The van der Waals surface area contributed by atoms with Crippen LogP contribution in [0.3, 0.4) is 0 Å². The molecule has 0 aliphatic heterocycles. The molecule has 2 N–H and O–H groups in total. The van der Waals surface area contributed by atoms with Crippen molar-refractivity contribution in [3.05, 3.63) is 30.1 Å². The number of rotatable bonds is 4. The van der Waals surface area contributed by atoms with E-state index in [0.29, 0.717) is 0 Å². The van der Waals surface area contributed by atoms with Gasteiger partial charge in [0.1, 0.15) is 0 Å². The highest BCUT2D eigenvalue weighted by Crippen LogP contribution is 2.27. The van der Waals surface area contributed by atoms with Crippen LogP contribution in [0.5, 0.6) is 0 Å². The average molecular weight is 220 g/mol. The van der Waals surface area contributed by atoms with Gasteiger partial charge in [-0.05, 0) is 24.5 Å². The molecular weight excluding hydrogens is 200 g/mol. The van der Waals surface area contributed by atoms with E-state index in [4.69, 9.17) is 0 Å². The van der Waals surface area contributed by atoms with Crippen molar-refractivity contribution in [1.29, 1.82) is 0 Å². The molecule has 0 aromatic carbocycles. The number of hydrogen-bond acceptors (Lipinski definition) is 3. The molecule has 1 aromatic rings. The van der Waals surface area contributed by atoms with Crippen LogP contribution in [0.15, 0.2) is 24.5 Å². The largest absolute Gasteiger partial charge is 0.394 e. The first-order valence-electron chi connectivity index (χ1n) is 6.09. The number of nitrogens with zero attached hydrogens (tertiary/aromatic N) is 1. The van der Waals surface area contributed by atoms with Crippen molar-refractivity contribution in [2.24, 2.45) is 0 Å². The molecule has 0 atom stereocenters. The Kier molecular flexibility index (Phi) is 3.91. The van der Waals surface area contributed by atoms with E-state index in [1.807, 2.05) is 12.3 Å². The Balaban J connectivity index is 1.92. The third-order valence-corrected chi connectivity index (χ3v) is 3.50. The van der Waals surface area contributed by atoms with Gasteiger partial charge < -0.3 is 10.4 Å². The van der Waals surface area contributed by atoms with E-state index >= 15 is 0 Å². The summed E-state index contributed by atoms with van der Waals surface area (Å²) in [4.78, 5) is 4.09. The molecule has 3 nitrogen and oxygen atoms in total. The summed E-state index contributed by atoms with van der Waals surface area (Å²) < 4.78 is 0. The molecule has 1 fully saturated rings. The van der Waals surface area contributed by atoms with Crippen LogP contribution in [0.1, 0.15) is 37.7 Å². The van der Waals surface area contributed by atoms with Gasteiger partial charge in [0.05, 0.1) is 6.61 Å². The molecule has 3 heteroatoms. The van der Waals surface area contributed by atoms with Crippen LogP contribution in [0.2, 0.25) is 0 Å². The predicted octanol–water partition coefficient (Wildman–Crippen LogP) is 1.87. The summed E-state index contributed by atoms with van der Waals surface area (Å²) >= 11 is 0. The van der Waals surface area contributed by atoms with Gasteiger partial charge in [-0.3, -0.25) is 4.98 Å². The quantitative estimate of drug-likeness (QED) is 0.814. The van der Waals surface area contributed by atoms with Gasteiger partial charge in [0.2, 0.25) is 0 Å². The standard InChI is InChI=1S/C13H20N2O/c16-11-13(6-2-1-3-7-13)15-10-12-5-4-8-14-9-12/h4-5,8-9,15-16H,1-3,6-7,10-11H2. The summed E-state index contributed by atoms with van der Waals surface area (Å²) in [6.45, 7) is 1.04. The number of aliphatic hydroxyl groups excluding tert-OH is 1. The van der Waals surface area contributed by atoms with E-state index in [0.717, 1.165) is 19.4 Å². The number of aliphatic hydroxyl groups is 1. The zero-order valence-electron chi connectivity index (χ0n) is 9.65. The van der Waals surface area contributed by atoms with Crippen LogP contribution in [-0.2, 0) is 6.54 Å². The minimum absolute atomic E-state index is 0.0475. The third-order valence-electron chi connectivity index (χ3n) is 3.50. The lowest BCUT2D eigenvalue weighted by molar-refractivity contribution is 0.119. The van der Waals surface area contributed by atoms with Crippen molar-refractivity contribution in [3.63, 3.8) is 0 Å². The highest BCUT2D eigenvalue weighted by atomic mass is 16.3. The van der Waals surface area contributed by atoms with Crippen molar-refractivity contribution in [3.8, 4) is 0 Å². The third kappa shape index (κ3) is 2.80. The van der Waals surface area contributed by atoms with Gasteiger partial charge in [-0.15, -0.1) is 0 Å². The SMILES string of the molecule is OCC1(NCc2cccnc2)CCCCC1. The molecule has 1 aromatic heterocycles. The van der Waals surface area contributed by atoms with Crippen molar-refractivity contribution >= 4 is 0 Å². The first kappa shape index (κ1) is 11.6. The van der Waals surface area contributed by atoms with Gasteiger partial charge >= 0.3 is 0 Å². The molecule has 2 rings (SSSR count). The number of hydrogen-bond donors (Lipinski definition) is 2. The van der Waals surface area contributed by atoms with Crippen LogP contribution in [0, 0.1) is 0 Å². The monoisotopic (exact) mass is 220 g/mol. The molecule has 1 heterocycles. The molecule has 0 bridgehead atoms. The summed E-state index contributed by atoms with van der Waals surface area (Å²) in [5.74, 6) is 0. The maximum atomic E-state index is 9.54. The van der Waals surface area contributed by atoms with E-state index in [1.54, 1.807) is 6.20 Å². The van der Waals surface area contributed by atoms with Crippen LogP contribution in [0.25, 0.3) is 0 Å². The molecule has 1 aliphatic carbocycles. The zero-order valence-corrected chi connectivity index (χ0v) is 9.65. The summed E-state index contributed by atoms with van der Waals surface area (Å²) in [5.41, 5.74) is 1.13. The van der Waals surface area contributed by atoms with Gasteiger partial charge in [0.15, 0.2) is 0 Å². The lowest BCUT2D eigenvalue weighted by Gasteiger charge is -2.36. The Labute approximate surface area is 96.9 Å². The molecule has 1 saturated carbocycles. The molecule has 1 aliphatic rings. The molecule has 88 valence electrons. The molecule has 0 unspecified atom stereocenters. The normalized spacial score (nSPS) is 19.6. The lowest BCUT2D eigenvalue weighted by atomic mass is 9.82. The van der Waals surface area contributed by atoms with Gasteiger partial charge in [0.25, 0.3) is 0 Å². The molecule has 0 saturated heterocycles.